The van der Waals surface area contributed by atoms with Crippen molar-refractivity contribution in [1.29, 1.82) is 0 Å². The predicted molar refractivity (Wildman–Crippen MR) is 69.1 cm³/mol. The standard InChI is InChI=1S/C13H22O6/c1-18-7-3-5-10(6-4-8-19-2)11(13(16)17)9-12(14)15/h9-10H,3-8H2,1-2H3,(H,14,15)(H,16,17)/b11-9-. The van der Waals surface area contributed by atoms with E-state index in [1.807, 2.05) is 0 Å². The first-order valence-electron chi connectivity index (χ1n) is 6.18. The summed E-state index contributed by atoms with van der Waals surface area (Å²) in [6.45, 7) is 1.06. The van der Waals surface area contributed by atoms with Crippen LogP contribution in [-0.4, -0.2) is 49.6 Å². The zero-order chi connectivity index (χ0) is 14.7. The van der Waals surface area contributed by atoms with E-state index in [0.717, 1.165) is 6.08 Å². The molecule has 0 amide bonds. The third-order valence-electron chi connectivity index (χ3n) is 2.77. The summed E-state index contributed by atoms with van der Waals surface area (Å²) in [4.78, 5) is 21.8. The molecule has 0 aromatic heterocycles. The summed E-state index contributed by atoms with van der Waals surface area (Å²) in [7, 11) is 3.15. The van der Waals surface area contributed by atoms with Gasteiger partial charge >= 0.3 is 11.9 Å². The van der Waals surface area contributed by atoms with Crippen LogP contribution in [0.25, 0.3) is 0 Å². The lowest BCUT2D eigenvalue weighted by Gasteiger charge is -2.17. The summed E-state index contributed by atoms with van der Waals surface area (Å²) in [5.41, 5.74) is -0.0558. The quantitative estimate of drug-likeness (QED) is 0.438. The van der Waals surface area contributed by atoms with Crippen molar-refractivity contribution in [3.63, 3.8) is 0 Å². The van der Waals surface area contributed by atoms with Gasteiger partial charge in [-0.15, -0.1) is 0 Å². The number of aliphatic carboxylic acids is 2. The number of carbonyl (C=O) groups is 2. The minimum absolute atomic E-state index is 0.0558. The second kappa shape index (κ2) is 10.5. The van der Waals surface area contributed by atoms with Crippen molar-refractivity contribution < 1.29 is 29.3 Å². The number of hydrogen-bond donors (Lipinski definition) is 2. The summed E-state index contributed by atoms with van der Waals surface area (Å²) in [5, 5.41) is 17.8. The molecule has 0 spiro atoms. The Bertz CT molecular complexity index is 300. The Labute approximate surface area is 113 Å². The van der Waals surface area contributed by atoms with E-state index in [0.29, 0.717) is 38.9 Å². The smallest absolute Gasteiger partial charge is 0.332 e. The highest BCUT2D eigenvalue weighted by atomic mass is 16.5. The molecular formula is C13H22O6. The SMILES string of the molecule is COCCCC(CCCOC)/C(=C/C(=O)O)C(=O)O. The Kier molecular flexibility index (Phi) is 9.74. The number of carboxylic acids is 2. The van der Waals surface area contributed by atoms with E-state index in [2.05, 4.69) is 0 Å². The van der Waals surface area contributed by atoms with E-state index in [9.17, 15) is 9.59 Å². The summed E-state index contributed by atoms with van der Waals surface area (Å²) >= 11 is 0. The number of carboxylic acid groups (broad SMARTS) is 2. The molecule has 6 heteroatoms. The summed E-state index contributed by atoms with van der Waals surface area (Å²) in [6, 6.07) is 0. The maximum absolute atomic E-state index is 11.1. The van der Waals surface area contributed by atoms with Gasteiger partial charge in [-0.3, -0.25) is 0 Å². The van der Waals surface area contributed by atoms with Gasteiger partial charge in [-0.1, -0.05) is 0 Å². The Hall–Kier alpha value is -1.40. The van der Waals surface area contributed by atoms with Crippen molar-refractivity contribution in [1.82, 2.24) is 0 Å². The largest absolute Gasteiger partial charge is 0.478 e. The number of rotatable bonds is 11. The van der Waals surface area contributed by atoms with Crippen molar-refractivity contribution in [3.05, 3.63) is 11.6 Å². The fourth-order valence-corrected chi connectivity index (χ4v) is 1.89. The van der Waals surface area contributed by atoms with Crippen molar-refractivity contribution in [3.8, 4) is 0 Å². The van der Waals surface area contributed by atoms with Crippen molar-refractivity contribution in [2.75, 3.05) is 27.4 Å². The molecule has 0 fully saturated rings. The number of methoxy groups -OCH3 is 2. The molecule has 0 atom stereocenters. The van der Waals surface area contributed by atoms with Gasteiger partial charge < -0.3 is 19.7 Å². The molecule has 0 aliphatic rings. The van der Waals surface area contributed by atoms with Crippen molar-refractivity contribution in [2.45, 2.75) is 25.7 Å². The first-order valence-corrected chi connectivity index (χ1v) is 6.18. The molecule has 0 unspecified atom stereocenters. The fraction of sp³-hybridized carbons (Fsp3) is 0.692. The van der Waals surface area contributed by atoms with Crippen LogP contribution in [0.15, 0.2) is 11.6 Å². The fourth-order valence-electron chi connectivity index (χ4n) is 1.89. The molecule has 0 radical (unpaired) electrons. The van der Waals surface area contributed by atoms with Crippen LogP contribution in [0.2, 0.25) is 0 Å². The predicted octanol–water partition coefficient (Wildman–Crippen LogP) is 1.55. The lowest BCUT2D eigenvalue weighted by atomic mass is 9.89. The topological polar surface area (TPSA) is 93.1 Å². The van der Waals surface area contributed by atoms with Gasteiger partial charge in [0.2, 0.25) is 0 Å². The molecule has 0 saturated carbocycles. The molecule has 6 nitrogen and oxygen atoms in total. The van der Waals surface area contributed by atoms with Crippen LogP contribution >= 0.6 is 0 Å². The Morgan fingerprint density at radius 3 is 1.84 bits per heavy atom. The minimum atomic E-state index is -1.24. The molecule has 0 bridgehead atoms. The molecule has 0 aliphatic carbocycles. The zero-order valence-electron chi connectivity index (χ0n) is 11.4. The van der Waals surface area contributed by atoms with Crippen LogP contribution in [0.4, 0.5) is 0 Å². The molecule has 0 aliphatic heterocycles. The first-order chi connectivity index (χ1) is 9.02. The molecular weight excluding hydrogens is 252 g/mol. The summed E-state index contributed by atoms with van der Waals surface area (Å²) in [5.74, 6) is -2.71. The lowest BCUT2D eigenvalue weighted by molar-refractivity contribution is -0.135. The Morgan fingerprint density at radius 2 is 1.53 bits per heavy atom. The normalized spacial score (nSPS) is 11.8. The monoisotopic (exact) mass is 274 g/mol. The highest BCUT2D eigenvalue weighted by molar-refractivity contribution is 5.95. The van der Waals surface area contributed by atoms with Gasteiger partial charge in [-0.05, 0) is 31.6 Å². The maximum Gasteiger partial charge on any atom is 0.332 e. The Morgan fingerprint density at radius 1 is 1.05 bits per heavy atom. The molecule has 0 rings (SSSR count). The van der Waals surface area contributed by atoms with Gasteiger partial charge in [0.15, 0.2) is 0 Å². The third-order valence-corrected chi connectivity index (χ3v) is 2.77. The summed E-state index contributed by atoms with van der Waals surface area (Å²) in [6.07, 6.45) is 3.34. The molecule has 0 saturated heterocycles. The molecule has 110 valence electrons. The van der Waals surface area contributed by atoms with Crippen LogP contribution in [-0.2, 0) is 19.1 Å². The molecule has 2 N–H and O–H groups in total. The van der Waals surface area contributed by atoms with E-state index in [1.54, 1.807) is 14.2 Å². The third kappa shape index (κ3) is 8.34. The van der Waals surface area contributed by atoms with Gasteiger partial charge in [0.1, 0.15) is 0 Å². The van der Waals surface area contributed by atoms with E-state index in [-0.39, 0.29) is 11.5 Å². The van der Waals surface area contributed by atoms with Crippen molar-refractivity contribution >= 4 is 11.9 Å². The van der Waals surface area contributed by atoms with Crippen molar-refractivity contribution in [2.24, 2.45) is 5.92 Å². The highest BCUT2D eigenvalue weighted by Gasteiger charge is 2.21. The average Bonchev–Trinajstić information content (AvgIpc) is 2.34. The zero-order valence-corrected chi connectivity index (χ0v) is 11.4. The van der Waals surface area contributed by atoms with Gasteiger partial charge in [0.25, 0.3) is 0 Å². The van der Waals surface area contributed by atoms with Crippen LogP contribution in [0, 0.1) is 5.92 Å². The molecule has 0 heterocycles. The second-order valence-electron chi connectivity index (χ2n) is 4.21. The number of hydrogen-bond acceptors (Lipinski definition) is 4. The lowest BCUT2D eigenvalue weighted by Crippen LogP contribution is -2.16. The van der Waals surface area contributed by atoms with Gasteiger partial charge in [0.05, 0.1) is 0 Å². The van der Waals surface area contributed by atoms with E-state index in [1.165, 1.54) is 0 Å². The average molecular weight is 274 g/mol. The van der Waals surface area contributed by atoms with Crippen LogP contribution in [0.5, 0.6) is 0 Å². The molecule has 0 aromatic carbocycles. The van der Waals surface area contributed by atoms with Crippen LogP contribution in [0.1, 0.15) is 25.7 Å². The second-order valence-corrected chi connectivity index (χ2v) is 4.21. The van der Waals surface area contributed by atoms with Gasteiger partial charge in [-0.2, -0.15) is 0 Å². The number of ether oxygens (including phenoxy) is 2. The maximum atomic E-state index is 11.1. The summed E-state index contributed by atoms with van der Waals surface area (Å²) < 4.78 is 9.86. The van der Waals surface area contributed by atoms with Gasteiger partial charge in [-0.25, -0.2) is 9.59 Å². The minimum Gasteiger partial charge on any atom is -0.478 e. The van der Waals surface area contributed by atoms with E-state index in [4.69, 9.17) is 19.7 Å². The van der Waals surface area contributed by atoms with Crippen LogP contribution in [0.3, 0.4) is 0 Å². The first kappa shape index (κ1) is 17.6. The molecule has 0 aromatic rings. The van der Waals surface area contributed by atoms with E-state index < -0.39 is 11.9 Å². The van der Waals surface area contributed by atoms with Crippen LogP contribution < -0.4 is 0 Å². The van der Waals surface area contributed by atoms with Gasteiger partial charge in [0, 0.05) is 39.1 Å². The Balaban J connectivity index is 4.72. The van der Waals surface area contributed by atoms with E-state index >= 15 is 0 Å². The highest BCUT2D eigenvalue weighted by Crippen LogP contribution is 2.23. The molecule has 19 heavy (non-hydrogen) atoms.